The van der Waals surface area contributed by atoms with Crippen LogP contribution in [0, 0.1) is 6.92 Å². The number of nitrogens with zero attached hydrogens (tertiary/aromatic N) is 4. The first-order valence-corrected chi connectivity index (χ1v) is 19.1. The fourth-order valence-corrected chi connectivity index (χ4v) is 7.87. The van der Waals surface area contributed by atoms with Crippen molar-refractivity contribution >= 4 is 38.9 Å². The molecule has 0 saturated carbocycles. The zero-order chi connectivity index (χ0) is 38.3. The Morgan fingerprint density at radius 3 is 1.93 bits per heavy atom. The van der Waals surface area contributed by atoms with Crippen molar-refractivity contribution in [2.24, 2.45) is 0 Å². The van der Waals surface area contributed by atoms with Gasteiger partial charge in [-0.3, -0.25) is 0 Å². The van der Waals surface area contributed by atoms with Crippen molar-refractivity contribution in [2.75, 3.05) is 0 Å². The lowest BCUT2D eigenvalue weighted by Gasteiger charge is -2.15. The molecule has 0 aliphatic carbocycles. The molecule has 3 heterocycles. The molecule has 7 aromatic carbocycles. The second-order valence-corrected chi connectivity index (χ2v) is 14.1. The van der Waals surface area contributed by atoms with E-state index >= 15 is 0 Å². The van der Waals surface area contributed by atoms with Crippen molar-refractivity contribution in [1.82, 2.24) is 19.5 Å². The molecule has 0 amide bonds. The molecule has 3 aromatic heterocycles. The molecule has 0 bridgehead atoms. The highest BCUT2D eigenvalue weighted by Gasteiger charge is 2.21. The summed E-state index contributed by atoms with van der Waals surface area (Å²) in [5, 5.41) is 3.41. The minimum absolute atomic E-state index is 0.595. The molecule has 5 heteroatoms. The number of aromatic nitrogens is 4. The number of allylic oxidation sites excluding steroid dienone is 2. The molecule has 0 fully saturated rings. The van der Waals surface area contributed by atoms with Gasteiger partial charge in [0.25, 0.3) is 0 Å². The Labute approximate surface area is 330 Å². The predicted molar refractivity (Wildman–Crippen MR) is 235 cm³/mol. The van der Waals surface area contributed by atoms with E-state index in [0.717, 1.165) is 88.7 Å². The summed E-state index contributed by atoms with van der Waals surface area (Å²) >= 11 is 0. The van der Waals surface area contributed by atoms with E-state index in [1.165, 1.54) is 0 Å². The van der Waals surface area contributed by atoms with Crippen LogP contribution in [-0.2, 0) is 0 Å². The molecule has 0 N–H and O–H groups in total. The van der Waals surface area contributed by atoms with Crippen LogP contribution in [-0.4, -0.2) is 19.5 Å². The third-order valence-corrected chi connectivity index (χ3v) is 10.7. The molecule has 0 atom stereocenters. The Kier molecular flexibility index (Phi) is 8.46. The third-order valence-electron chi connectivity index (χ3n) is 10.7. The van der Waals surface area contributed by atoms with Gasteiger partial charge < -0.3 is 8.98 Å². The molecule has 10 rings (SSSR count). The lowest BCUT2D eigenvalue weighted by atomic mass is 10.0. The van der Waals surface area contributed by atoms with Gasteiger partial charge in [0, 0.05) is 44.0 Å². The molecule has 0 radical (unpaired) electrons. The van der Waals surface area contributed by atoms with Gasteiger partial charge in [-0.2, -0.15) is 0 Å². The molecule has 57 heavy (non-hydrogen) atoms. The maximum Gasteiger partial charge on any atom is 0.166 e. The van der Waals surface area contributed by atoms with Crippen molar-refractivity contribution in [3.05, 3.63) is 200 Å². The molecule has 5 nitrogen and oxygen atoms in total. The summed E-state index contributed by atoms with van der Waals surface area (Å²) in [5.74, 6) is 2.65. The van der Waals surface area contributed by atoms with Crippen molar-refractivity contribution in [3.8, 4) is 62.1 Å². The van der Waals surface area contributed by atoms with Gasteiger partial charge >= 0.3 is 0 Å². The monoisotopic (exact) mass is 732 g/mol. The summed E-state index contributed by atoms with van der Waals surface area (Å²) in [6.45, 7) is 5.94. The molecule has 0 spiro atoms. The van der Waals surface area contributed by atoms with Gasteiger partial charge in [0.05, 0.1) is 16.7 Å². The average molecular weight is 733 g/mol. The van der Waals surface area contributed by atoms with Crippen LogP contribution in [0.25, 0.3) is 101 Å². The van der Waals surface area contributed by atoms with E-state index in [0.29, 0.717) is 17.5 Å². The van der Waals surface area contributed by atoms with Crippen LogP contribution in [0.4, 0.5) is 0 Å². The number of furan rings is 1. The first kappa shape index (κ1) is 33.9. The highest BCUT2D eigenvalue weighted by molar-refractivity contribution is 6.11. The second kappa shape index (κ2) is 14.2. The second-order valence-electron chi connectivity index (χ2n) is 14.1. The molecular weight excluding hydrogens is 697 g/mol. The van der Waals surface area contributed by atoms with E-state index in [9.17, 15) is 0 Å². The maximum atomic E-state index is 6.51. The van der Waals surface area contributed by atoms with E-state index in [1.807, 2.05) is 48.6 Å². The van der Waals surface area contributed by atoms with Gasteiger partial charge in [0.15, 0.2) is 17.5 Å². The van der Waals surface area contributed by atoms with E-state index < -0.39 is 0 Å². The fourth-order valence-electron chi connectivity index (χ4n) is 7.87. The van der Waals surface area contributed by atoms with Crippen molar-refractivity contribution < 1.29 is 4.42 Å². The van der Waals surface area contributed by atoms with Gasteiger partial charge in [-0.25, -0.2) is 15.0 Å². The Bertz CT molecular complexity index is 3150. The molecule has 10 aromatic rings. The quantitative estimate of drug-likeness (QED) is 0.146. The minimum atomic E-state index is 0.595. The average Bonchev–Trinajstić information content (AvgIpc) is 3.79. The number of hydrogen-bond acceptors (Lipinski definition) is 4. The number of para-hydroxylation sites is 3. The Balaban J connectivity index is 1.19. The van der Waals surface area contributed by atoms with Crippen molar-refractivity contribution in [1.29, 1.82) is 0 Å². The molecule has 0 aliphatic heterocycles. The highest BCUT2D eigenvalue weighted by atomic mass is 16.3. The first-order chi connectivity index (χ1) is 28.1. The van der Waals surface area contributed by atoms with Gasteiger partial charge in [-0.1, -0.05) is 158 Å². The van der Waals surface area contributed by atoms with Gasteiger partial charge in [-0.15, -0.1) is 0 Å². The van der Waals surface area contributed by atoms with Gasteiger partial charge in [-0.05, 0) is 60.0 Å². The molecule has 270 valence electrons. The Morgan fingerprint density at radius 1 is 0.491 bits per heavy atom. The fraction of sp³-hybridized carbons (Fsp3) is 0.0192. The van der Waals surface area contributed by atoms with E-state index in [1.54, 1.807) is 6.08 Å². The maximum absolute atomic E-state index is 6.51. The number of rotatable bonds is 8. The van der Waals surface area contributed by atoms with Crippen molar-refractivity contribution in [3.63, 3.8) is 0 Å². The zero-order valence-electron chi connectivity index (χ0n) is 31.3. The summed E-state index contributed by atoms with van der Waals surface area (Å²) in [7, 11) is 0. The zero-order valence-corrected chi connectivity index (χ0v) is 31.3. The largest absolute Gasteiger partial charge is 0.456 e. The van der Waals surface area contributed by atoms with Crippen LogP contribution in [0.15, 0.2) is 193 Å². The number of hydrogen-bond donors (Lipinski definition) is 0. The summed E-state index contributed by atoms with van der Waals surface area (Å²) < 4.78 is 8.86. The first-order valence-electron chi connectivity index (χ1n) is 19.1. The normalized spacial score (nSPS) is 11.6. The van der Waals surface area contributed by atoms with Gasteiger partial charge in [0.1, 0.15) is 11.3 Å². The molecule has 0 saturated heterocycles. The summed E-state index contributed by atoms with van der Waals surface area (Å²) in [4.78, 5) is 15.5. The van der Waals surface area contributed by atoms with Crippen molar-refractivity contribution in [2.45, 2.75) is 6.92 Å². The Morgan fingerprint density at radius 2 is 1.11 bits per heavy atom. The summed E-state index contributed by atoms with van der Waals surface area (Å²) in [5.41, 5.74) is 12.2. The predicted octanol–water partition coefficient (Wildman–Crippen LogP) is 13.6. The lowest BCUT2D eigenvalue weighted by molar-refractivity contribution is 0.602. The summed E-state index contributed by atoms with van der Waals surface area (Å²) in [6.07, 6.45) is 5.65. The van der Waals surface area contributed by atoms with E-state index in [-0.39, 0.29) is 0 Å². The highest BCUT2D eigenvalue weighted by Crippen LogP contribution is 2.40. The van der Waals surface area contributed by atoms with Gasteiger partial charge in [0.2, 0.25) is 0 Å². The van der Waals surface area contributed by atoms with Crippen LogP contribution in [0.5, 0.6) is 0 Å². The van der Waals surface area contributed by atoms with E-state index in [2.05, 4.69) is 152 Å². The van der Waals surface area contributed by atoms with Crippen LogP contribution in [0.1, 0.15) is 11.3 Å². The lowest BCUT2D eigenvalue weighted by Crippen LogP contribution is -2.03. The van der Waals surface area contributed by atoms with Crippen LogP contribution in [0.2, 0.25) is 0 Å². The van der Waals surface area contributed by atoms with Crippen LogP contribution in [0.3, 0.4) is 0 Å². The topological polar surface area (TPSA) is 56.7 Å². The minimum Gasteiger partial charge on any atom is -0.456 e. The standard InChI is InChI=1S/C52H36N4O/c1-3-4-29-48-34(2)40-25-16-26-41(49(40)57-48)38-30-31-43-42-23-11-13-27-45(42)56(47(43)33-38)46-28-14-12-24-44(46)52-54-50(36-19-9-6-10-20-36)53-51(55-52)39-22-15-21-37(32-39)35-17-7-5-8-18-35/h3-33H,1H2,2H3/b29-4-. The third kappa shape index (κ3) is 6.03. The van der Waals surface area contributed by atoms with Crippen LogP contribution >= 0.6 is 0 Å². The number of aryl methyl sites for hydroxylation is 1. The molecule has 0 unspecified atom stereocenters. The smallest absolute Gasteiger partial charge is 0.166 e. The number of benzene rings is 7. The SMILES string of the molecule is C=C/C=C\c1oc2c(-c3ccc4c5ccccc5n(-c5ccccc5-c5nc(-c6ccccc6)nc(-c6cccc(-c7ccccc7)c6)n5)c4c3)cccc2c1C. The Hall–Kier alpha value is -7.63. The molecule has 0 aliphatic rings. The number of fused-ring (bicyclic) bond motifs is 4. The van der Waals surface area contributed by atoms with E-state index in [4.69, 9.17) is 19.4 Å². The van der Waals surface area contributed by atoms with Crippen LogP contribution < -0.4 is 0 Å². The molecular formula is C52H36N4O. The summed E-state index contributed by atoms with van der Waals surface area (Å²) in [6, 6.07) is 59.0.